The lowest BCUT2D eigenvalue weighted by molar-refractivity contribution is 0.360. The molecule has 14 heavy (non-hydrogen) atoms. The van der Waals surface area contributed by atoms with Crippen molar-refractivity contribution < 1.29 is 0 Å². The van der Waals surface area contributed by atoms with Crippen molar-refractivity contribution in [1.82, 2.24) is 0 Å². The van der Waals surface area contributed by atoms with Crippen molar-refractivity contribution in [2.75, 3.05) is 0 Å². The van der Waals surface area contributed by atoms with Crippen molar-refractivity contribution >= 4 is 0 Å². The number of hydrogen-bond acceptors (Lipinski definition) is 1. The minimum absolute atomic E-state index is 0.515. The summed E-state index contributed by atoms with van der Waals surface area (Å²) in [5.74, 6) is 3.91. The molecule has 3 unspecified atom stereocenters. The van der Waals surface area contributed by atoms with Crippen LogP contribution in [0, 0.1) is 23.7 Å². The van der Waals surface area contributed by atoms with Crippen molar-refractivity contribution in [1.29, 1.82) is 0 Å². The molecule has 0 aromatic rings. The molecule has 0 heterocycles. The largest absolute Gasteiger partial charge is 0.327 e. The molecule has 1 heteroatoms. The van der Waals surface area contributed by atoms with Gasteiger partial charge in [-0.05, 0) is 49.4 Å². The summed E-state index contributed by atoms with van der Waals surface area (Å²) >= 11 is 0. The first-order valence-electron chi connectivity index (χ1n) is 6.42. The minimum Gasteiger partial charge on any atom is -0.327 e. The Labute approximate surface area is 88.4 Å². The van der Waals surface area contributed by atoms with Gasteiger partial charge in [0.15, 0.2) is 0 Å². The van der Waals surface area contributed by atoms with E-state index in [0.29, 0.717) is 6.04 Å². The maximum atomic E-state index is 6.25. The molecular weight excluding hydrogens is 170 g/mol. The predicted molar refractivity (Wildman–Crippen MR) is 61.0 cm³/mol. The van der Waals surface area contributed by atoms with Crippen LogP contribution in [0.15, 0.2) is 0 Å². The lowest BCUT2D eigenvalue weighted by Gasteiger charge is -2.20. The molecule has 2 aliphatic carbocycles. The van der Waals surface area contributed by atoms with Crippen LogP contribution in [0.2, 0.25) is 0 Å². The number of fused-ring (bicyclic) bond motifs is 1. The smallest absolute Gasteiger partial charge is 0.00673 e. The van der Waals surface area contributed by atoms with E-state index in [1.807, 2.05) is 0 Å². The molecule has 0 radical (unpaired) electrons. The van der Waals surface area contributed by atoms with Crippen molar-refractivity contribution in [2.45, 2.75) is 58.4 Å². The summed E-state index contributed by atoms with van der Waals surface area (Å²) < 4.78 is 0. The highest BCUT2D eigenvalue weighted by Gasteiger charge is 2.46. The second kappa shape index (κ2) is 4.22. The first kappa shape index (κ1) is 10.5. The van der Waals surface area contributed by atoms with Crippen molar-refractivity contribution in [3.05, 3.63) is 0 Å². The van der Waals surface area contributed by atoms with Gasteiger partial charge in [0.1, 0.15) is 0 Å². The van der Waals surface area contributed by atoms with E-state index < -0.39 is 0 Å². The monoisotopic (exact) mass is 195 g/mol. The molecule has 0 aliphatic heterocycles. The lowest BCUT2D eigenvalue weighted by atomic mass is 9.90. The van der Waals surface area contributed by atoms with Crippen LogP contribution < -0.4 is 5.73 Å². The zero-order valence-electron chi connectivity index (χ0n) is 9.71. The zero-order chi connectivity index (χ0) is 10.1. The number of rotatable bonds is 5. The van der Waals surface area contributed by atoms with E-state index in [4.69, 9.17) is 5.73 Å². The quantitative estimate of drug-likeness (QED) is 0.716. The maximum absolute atomic E-state index is 6.25. The molecule has 0 saturated heterocycles. The van der Waals surface area contributed by atoms with Crippen molar-refractivity contribution in [2.24, 2.45) is 29.4 Å². The Morgan fingerprint density at radius 1 is 1.07 bits per heavy atom. The Bertz CT molecular complexity index is 178. The number of nitrogens with two attached hydrogens (primary N) is 1. The molecule has 2 fully saturated rings. The Morgan fingerprint density at radius 2 is 1.71 bits per heavy atom. The molecule has 2 aliphatic rings. The van der Waals surface area contributed by atoms with Crippen LogP contribution >= 0.6 is 0 Å². The van der Waals surface area contributed by atoms with Gasteiger partial charge in [-0.1, -0.05) is 26.7 Å². The Morgan fingerprint density at radius 3 is 2.29 bits per heavy atom. The van der Waals surface area contributed by atoms with Crippen LogP contribution in [-0.4, -0.2) is 6.04 Å². The second-order valence-electron chi connectivity index (χ2n) is 5.98. The Hall–Kier alpha value is -0.0400. The van der Waals surface area contributed by atoms with E-state index in [0.717, 1.165) is 23.7 Å². The van der Waals surface area contributed by atoms with Gasteiger partial charge in [0.2, 0.25) is 0 Å². The summed E-state index contributed by atoms with van der Waals surface area (Å²) in [7, 11) is 0. The molecule has 1 nitrogen and oxygen atoms in total. The van der Waals surface area contributed by atoms with E-state index >= 15 is 0 Å². The van der Waals surface area contributed by atoms with Gasteiger partial charge in [-0.2, -0.15) is 0 Å². The average Bonchev–Trinajstić information content (AvgIpc) is 2.73. The van der Waals surface area contributed by atoms with Crippen LogP contribution in [0.3, 0.4) is 0 Å². The molecule has 2 saturated carbocycles. The summed E-state index contributed by atoms with van der Waals surface area (Å²) in [6, 6.07) is 0.515. The first-order chi connectivity index (χ1) is 6.66. The van der Waals surface area contributed by atoms with Gasteiger partial charge in [-0.3, -0.25) is 0 Å². The Kier molecular flexibility index (Phi) is 3.16. The molecule has 0 aromatic heterocycles. The van der Waals surface area contributed by atoms with Crippen LogP contribution in [0.4, 0.5) is 0 Å². The van der Waals surface area contributed by atoms with E-state index in [1.54, 1.807) is 0 Å². The third-order valence-electron chi connectivity index (χ3n) is 4.20. The Balaban J connectivity index is 1.61. The minimum atomic E-state index is 0.515. The van der Waals surface area contributed by atoms with Gasteiger partial charge in [0, 0.05) is 6.04 Å². The van der Waals surface area contributed by atoms with Crippen molar-refractivity contribution in [3.8, 4) is 0 Å². The summed E-state index contributed by atoms with van der Waals surface area (Å²) in [6.07, 6.45) is 8.39. The first-order valence-corrected chi connectivity index (χ1v) is 6.42. The normalized spacial score (nSPS) is 37.3. The van der Waals surface area contributed by atoms with E-state index in [-0.39, 0.29) is 0 Å². The molecule has 2 rings (SSSR count). The molecule has 0 amide bonds. The van der Waals surface area contributed by atoms with Gasteiger partial charge in [-0.15, -0.1) is 0 Å². The van der Waals surface area contributed by atoms with E-state index in [2.05, 4.69) is 13.8 Å². The summed E-state index contributed by atoms with van der Waals surface area (Å²) in [5.41, 5.74) is 6.25. The lowest BCUT2D eigenvalue weighted by Crippen LogP contribution is -2.29. The van der Waals surface area contributed by atoms with Crippen LogP contribution in [0.5, 0.6) is 0 Å². The summed E-state index contributed by atoms with van der Waals surface area (Å²) in [5, 5.41) is 0. The van der Waals surface area contributed by atoms with Crippen molar-refractivity contribution in [3.63, 3.8) is 0 Å². The van der Waals surface area contributed by atoms with Gasteiger partial charge in [0.25, 0.3) is 0 Å². The van der Waals surface area contributed by atoms with Gasteiger partial charge >= 0.3 is 0 Å². The van der Waals surface area contributed by atoms with Gasteiger partial charge in [-0.25, -0.2) is 0 Å². The van der Waals surface area contributed by atoms with Crippen LogP contribution in [0.25, 0.3) is 0 Å². The molecule has 0 bridgehead atoms. The highest BCUT2D eigenvalue weighted by Crippen LogP contribution is 2.55. The second-order valence-corrected chi connectivity index (χ2v) is 5.98. The fourth-order valence-corrected chi connectivity index (χ4v) is 3.11. The SMILES string of the molecule is CC(C)CCCC(N)C1CC2CC2C1. The maximum Gasteiger partial charge on any atom is 0.00673 e. The average molecular weight is 195 g/mol. The third kappa shape index (κ3) is 2.50. The highest BCUT2D eigenvalue weighted by atomic mass is 14.7. The highest BCUT2D eigenvalue weighted by molar-refractivity contribution is 4.98. The van der Waals surface area contributed by atoms with Crippen LogP contribution in [0.1, 0.15) is 52.4 Å². The van der Waals surface area contributed by atoms with E-state index in [9.17, 15) is 0 Å². The molecule has 2 N–H and O–H groups in total. The molecule has 82 valence electrons. The van der Waals surface area contributed by atoms with Gasteiger partial charge in [0.05, 0.1) is 0 Å². The molecule has 0 aromatic carbocycles. The summed E-state index contributed by atoms with van der Waals surface area (Å²) in [6.45, 7) is 4.60. The number of hydrogen-bond donors (Lipinski definition) is 1. The predicted octanol–water partition coefficient (Wildman–Crippen LogP) is 3.19. The fraction of sp³-hybridized carbons (Fsp3) is 1.00. The zero-order valence-corrected chi connectivity index (χ0v) is 9.71. The molecular formula is C13H25N. The topological polar surface area (TPSA) is 26.0 Å². The third-order valence-corrected chi connectivity index (χ3v) is 4.20. The van der Waals surface area contributed by atoms with Gasteiger partial charge < -0.3 is 5.73 Å². The molecule has 3 atom stereocenters. The summed E-state index contributed by atoms with van der Waals surface area (Å²) in [4.78, 5) is 0. The fourth-order valence-electron chi connectivity index (χ4n) is 3.11. The van der Waals surface area contributed by atoms with E-state index in [1.165, 1.54) is 38.5 Å². The molecule has 0 spiro atoms. The van der Waals surface area contributed by atoms with Crippen LogP contribution in [-0.2, 0) is 0 Å². The standard InChI is InChI=1S/C13H25N/c1-9(2)4-3-5-13(14)12-7-10-6-11(10)8-12/h9-13H,3-8,14H2,1-2H3.